The van der Waals surface area contributed by atoms with Gasteiger partial charge in [0, 0.05) is 17.6 Å². The lowest BCUT2D eigenvalue weighted by Gasteiger charge is -2.44. The lowest BCUT2D eigenvalue weighted by Crippen LogP contribution is -2.57. The molecule has 0 bridgehead atoms. The van der Waals surface area contributed by atoms with Crippen molar-refractivity contribution in [3.8, 4) is 0 Å². The van der Waals surface area contributed by atoms with Gasteiger partial charge >= 0.3 is 0 Å². The summed E-state index contributed by atoms with van der Waals surface area (Å²) in [5, 5.41) is 0. The fraction of sp³-hybridized carbons (Fsp3) is 0.533. The molecule has 1 atom stereocenters. The highest BCUT2D eigenvalue weighted by Gasteiger charge is 2.35. The van der Waals surface area contributed by atoms with Crippen LogP contribution >= 0.6 is 15.9 Å². The van der Waals surface area contributed by atoms with Gasteiger partial charge in [-0.05, 0) is 43.9 Å². The number of carbonyl (C=O) groups is 1. The monoisotopic (exact) mass is 324 g/mol. The first-order chi connectivity index (χ1) is 9.05. The average molecular weight is 325 g/mol. The zero-order valence-corrected chi connectivity index (χ0v) is 12.9. The number of hydrogen-bond acceptors (Lipinski definition) is 2. The van der Waals surface area contributed by atoms with Gasteiger partial charge in [0.1, 0.15) is 0 Å². The summed E-state index contributed by atoms with van der Waals surface area (Å²) in [6, 6.07) is 7.93. The number of rotatable bonds is 3. The van der Waals surface area contributed by atoms with Gasteiger partial charge in [0.2, 0.25) is 5.91 Å². The van der Waals surface area contributed by atoms with E-state index in [-0.39, 0.29) is 11.4 Å². The first-order valence-corrected chi connectivity index (χ1v) is 7.59. The number of carbonyl (C=O) groups excluding carboxylic acids is 1. The second-order valence-corrected chi connectivity index (χ2v) is 6.43. The van der Waals surface area contributed by atoms with Crippen LogP contribution in [0.15, 0.2) is 28.7 Å². The van der Waals surface area contributed by atoms with Crippen LogP contribution in [0.3, 0.4) is 0 Å². The maximum atomic E-state index is 12.5. The van der Waals surface area contributed by atoms with Gasteiger partial charge in [0.05, 0.1) is 12.0 Å². The largest absolute Gasteiger partial charge is 0.336 e. The predicted molar refractivity (Wildman–Crippen MR) is 80.9 cm³/mol. The van der Waals surface area contributed by atoms with Crippen LogP contribution in [0.5, 0.6) is 0 Å². The summed E-state index contributed by atoms with van der Waals surface area (Å²) in [5.41, 5.74) is 6.76. The van der Waals surface area contributed by atoms with E-state index in [1.807, 2.05) is 29.2 Å². The first kappa shape index (κ1) is 14.5. The molecular formula is C15H21BrN2O. The molecule has 1 aliphatic heterocycles. The van der Waals surface area contributed by atoms with Crippen LogP contribution in [0.25, 0.3) is 0 Å². The number of hydrogen-bond donors (Lipinski definition) is 1. The summed E-state index contributed by atoms with van der Waals surface area (Å²) in [4.78, 5) is 14.5. The number of benzene rings is 1. The highest BCUT2D eigenvalue weighted by Crippen LogP contribution is 2.27. The fourth-order valence-electron chi connectivity index (χ4n) is 2.74. The summed E-state index contributed by atoms with van der Waals surface area (Å²) in [6.07, 6.45) is 3.71. The number of nitrogens with two attached hydrogens (primary N) is 1. The van der Waals surface area contributed by atoms with Crippen LogP contribution in [0.2, 0.25) is 0 Å². The highest BCUT2D eigenvalue weighted by atomic mass is 79.9. The summed E-state index contributed by atoms with van der Waals surface area (Å²) in [7, 11) is 0. The Bertz CT molecular complexity index is 463. The minimum atomic E-state index is -0.165. The Balaban J connectivity index is 2.10. The average Bonchev–Trinajstić information content (AvgIpc) is 2.39. The van der Waals surface area contributed by atoms with Gasteiger partial charge in [-0.3, -0.25) is 4.79 Å². The predicted octanol–water partition coefficient (Wildman–Crippen LogP) is 2.72. The third-order valence-corrected chi connectivity index (χ3v) is 4.48. The molecule has 0 spiro atoms. The zero-order chi connectivity index (χ0) is 13.9. The van der Waals surface area contributed by atoms with Gasteiger partial charge in [-0.1, -0.05) is 28.1 Å². The summed E-state index contributed by atoms with van der Waals surface area (Å²) < 4.78 is 1.01. The molecule has 1 aliphatic rings. The molecule has 19 heavy (non-hydrogen) atoms. The van der Waals surface area contributed by atoms with E-state index in [9.17, 15) is 4.79 Å². The van der Waals surface area contributed by atoms with E-state index in [1.54, 1.807) is 0 Å². The van der Waals surface area contributed by atoms with Gasteiger partial charge in [-0.25, -0.2) is 0 Å². The molecule has 1 saturated heterocycles. The van der Waals surface area contributed by atoms with Crippen molar-refractivity contribution >= 4 is 21.8 Å². The van der Waals surface area contributed by atoms with Crippen molar-refractivity contribution in [2.24, 2.45) is 5.73 Å². The van der Waals surface area contributed by atoms with E-state index in [0.717, 1.165) is 35.8 Å². The van der Waals surface area contributed by atoms with Gasteiger partial charge < -0.3 is 10.6 Å². The van der Waals surface area contributed by atoms with Crippen molar-refractivity contribution in [2.45, 2.75) is 38.1 Å². The van der Waals surface area contributed by atoms with Crippen molar-refractivity contribution in [3.05, 3.63) is 34.3 Å². The maximum absolute atomic E-state index is 12.5. The van der Waals surface area contributed by atoms with E-state index < -0.39 is 0 Å². The molecule has 0 aromatic heterocycles. The van der Waals surface area contributed by atoms with Crippen molar-refractivity contribution in [3.63, 3.8) is 0 Å². The number of halogens is 1. The van der Waals surface area contributed by atoms with E-state index in [2.05, 4.69) is 22.9 Å². The molecule has 3 nitrogen and oxygen atoms in total. The molecular weight excluding hydrogens is 304 g/mol. The highest BCUT2D eigenvalue weighted by molar-refractivity contribution is 9.10. The molecule has 104 valence electrons. The number of piperidine rings is 1. The second-order valence-electron chi connectivity index (χ2n) is 5.51. The Kier molecular flexibility index (Phi) is 4.63. The quantitative estimate of drug-likeness (QED) is 0.929. The summed E-state index contributed by atoms with van der Waals surface area (Å²) >= 11 is 3.44. The van der Waals surface area contributed by atoms with Crippen molar-refractivity contribution < 1.29 is 4.79 Å². The summed E-state index contributed by atoms with van der Waals surface area (Å²) in [6.45, 7) is 3.47. The number of nitrogens with zero attached hydrogens (tertiary/aromatic N) is 1. The fourth-order valence-corrected chi connectivity index (χ4v) is 3.18. The van der Waals surface area contributed by atoms with Crippen molar-refractivity contribution in [1.82, 2.24) is 4.90 Å². The van der Waals surface area contributed by atoms with Crippen LogP contribution in [-0.2, 0) is 11.2 Å². The van der Waals surface area contributed by atoms with E-state index in [0.29, 0.717) is 13.0 Å². The third-order valence-electron chi connectivity index (χ3n) is 3.98. The van der Waals surface area contributed by atoms with Gasteiger partial charge in [-0.2, -0.15) is 0 Å². The number of likely N-dealkylation sites (tertiary alicyclic amines) is 1. The molecule has 2 rings (SSSR count). The Hall–Kier alpha value is -0.870. The van der Waals surface area contributed by atoms with E-state index in [1.165, 1.54) is 0 Å². The molecule has 2 N–H and O–H groups in total. The van der Waals surface area contributed by atoms with Gasteiger partial charge in [-0.15, -0.1) is 0 Å². The molecule has 1 amide bonds. The maximum Gasteiger partial charge on any atom is 0.227 e. The summed E-state index contributed by atoms with van der Waals surface area (Å²) in [5.74, 6) is 0.186. The van der Waals surface area contributed by atoms with Crippen molar-refractivity contribution in [1.29, 1.82) is 0 Å². The van der Waals surface area contributed by atoms with Crippen molar-refractivity contribution in [2.75, 3.05) is 13.1 Å². The molecule has 4 heteroatoms. The minimum Gasteiger partial charge on any atom is -0.336 e. The molecule has 1 unspecified atom stereocenters. The van der Waals surface area contributed by atoms with Crippen LogP contribution < -0.4 is 5.73 Å². The zero-order valence-electron chi connectivity index (χ0n) is 11.4. The smallest absolute Gasteiger partial charge is 0.227 e. The topological polar surface area (TPSA) is 46.3 Å². The molecule has 0 saturated carbocycles. The van der Waals surface area contributed by atoms with Crippen LogP contribution in [-0.4, -0.2) is 29.4 Å². The van der Waals surface area contributed by atoms with Gasteiger partial charge in [0.25, 0.3) is 0 Å². The molecule has 1 aromatic carbocycles. The SMILES string of the molecule is CC1(CN)CCCCN1C(=O)Cc1cccc(Br)c1. The second kappa shape index (κ2) is 6.06. The minimum absolute atomic E-state index is 0.165. The molecule has 1 heterocycles. The first-order valence-electron chi connectivity index (χ1n) is 6.80. The Labute approximate surface area is 123 Å². The van der Waals surface area contributed by atoms with Crippen LogP contribution in [0.1, 0.15) is 31.7 Å². The van der Waals surface area contributed by atoms with Crippen LogP contribution in [0.4, 0.5) is 0 Å². The third kappa shape index (κ3) is 3.37. The van der Waals surface area contributed by atoms with E-state index in [4.69, 9.17) is 5.73 Å². The van der Waals surface area contributed by atoms with Gasteiger partial charge in [0.15, 0.2) is 0 Å². The Morgan fingerprint density at radius 1 is 1.47 bits per heavy atom. The molecule has 1 aromatic rings. The van der Waals surface area contributed by atoms with E-state index >= 15 is 0 Å². The Morgan fingerprint density at radius 3 is 2.95 bits per heavy atom. The molecule has 1 fully saturated rings. The Morgan fingerprint density at radius 2 is 2.26 bits per heavy atom. The number of amides is 1. The normalized spacial score (nSPS) is 23.4. The lowest BCUT2D eigenvalue weighted by atomic mass is 9.88. The standard InChI is InChI=1S/C15H21BrN2O/c1-15(11-17)7-2-3-8-18(15)14(19)10-12-5-4-6-13(16)9-12/h4-6,9H,2-3,7-8,10-11,17H2,1H3. The molecule has 0 radical (unpaired) electrons. The lowest BCUT2D eigenvalue weighted by molar-refractivity contribution is -0.138. The van der Waals surface area contributed by atoms with Crippen LogP contribution in [0, 0.1) is 0 Å². The molecule has 0 aliphatic carbocycles.